The molecule has 1 N–H and O–H groups in total. The molecule has 0 fully saturated rings. The van der Waals surface area contributed by atoms with E-state index in [4.69, 9.17) is 4.74 Å². The lowest BCUT2D eigenvalue weighted by molar-refractivity contribution is 0.0467. The van der Waals surface area contributed by atoms with Gasteiger partial charge in [0.15, 0.2) is 12.3 Å². The third-order valence-corrected chi connectivity index (χ3v) is 2.01. The summed E-state index contributed by atoms with van der Waals surface area (Å²) in [6.45, 7) is -0.323. The summed E-state index contributed by atoms with van der Waals surface area (Å²) < 4.78 is 4.80. The minimum absolute atomic E-state index is 0.0757. The van der Waals surface area contributed by atoms with Gasteiger partial charge in [-0.2, -0.15) is 0 Å². The molecule has 2 aromatic heterocycles. The van der Waals surface area contributed by atoms with E-state index >= 15 is 0 Å². The summed E-state index contributed by atoms with van der Waals surface area (Å²) in [6, 6.07) is 3.30. The van der Waals surface area contributed by atoms with E-state index in [0.29, 0.717) is 5.69 Å². The van der Waals surface area contributed by atoms with E-state index in [0.717, 1.165) is 0 Å². The normalized spacial score (nSPS) is 9.88. The highest BCUT2D eigenvalue weighted by molar-refractivity contribution is 5.97. The van der Waals surface area contributed by atoms with E-state index in [-0.39, 0.29) is 18.1 Å². The third-order valence-electron chi connectivity index (χ3n) is 2.01. The van der Waals surface area contributed by atoms with Crippen molar-refractivity contribution in [2.24, 2.45) is 0 Å². The Morgan fingerprint density at radius 2 is 2.24 bits per heavy atom. The molecule has 6 nitrogen and oxygen atoms in total. The van der Waals surface area contributed by atoms with Gasteiger partial charge in [0.25, 0.3) is 0 Å². The zero-order valence-electron chi connectivity index (χ0n) is 8.79. The number of Topliss-reactive ketones (excluding diaryl/α,β-unsaturated/α-hetero) is 1. The average Bonchev–Trinajstić information content (AvgIpc) is 2.90. The molecule has 0 bridgehead atoms. The summed E-state index contributed by atoms with van der Waals surface area (Å²) in [5.41, 5.74) is 0.476. The molecule has 86 valence electrons. The zero-order chi connectivity index (χ0) is 12.1. The van der Waals surface area contributed by atoms with Crippen LogP contribution in [0.15, 0.2) is 36.9 Å². The number of nitrogens with zero attached hydrogens (tertiary/aromatic N) is 2. The van der Waals surface area contributed by atoms with Crippen molar-refractivity contribution in [3.63, 3.8) is 0 Å². The van der Waals surface area contributed by atoms with Crippen LogP contribution in [0, 0.1) is 0 Å². The number of carbonyl (C=O) groups excluding carboxylic acids is 2. The van der Waals surface area contributed by atoms with Crippen LogP contribution in [0.1, 0.15) is 21.0 Å². The fourth-order valence-electron chi connectivity index (χ4n) is 1.19. The van der Waals surface area contributed by atoms with Crippen LogP contribution in [0.4, 0.5) is 0 Å². The smallest absolute Gasteiger partial charge is 0.358 e. The van der Waals surface area contributed by atoms with Gasteiger partial charge in [-0.25, -0.2) is 9.78 Å². The maximum Gasteiger partial charge on any atom is 0.358 e. The van der Waals surface area contributed by atoms with Crippen molar-refractivity contribution in [1.82, 2.24) is 15.0 Å². The number of ketones is 1. The third kappa shape index (κ3) is 2.75. The molecule has 2 heterocycles. The predicted octanol–water partition coefficient (Wildman–Crippen LogP) is 0.844. The number of H-pyrrole nitrogens is 1. The van der Waals surface area contributed by atoms with Crippen LogP contribution in [0.2, 0.25) is 0 Å². The molecule has 2 rings (SSSR count). The maximum absolute atomic E-state index is 11.5. The van der Waals surface area contributed by atoms with E-state index in [1.165, 1.54) is 18.6 Å². The first kappa shape index (κ1) is 11.0. The van der Waals surface area contributed by atoms with Crippen LogP contribution < -0.4 is 0 Å². The minimum atomic E-state index is -0.669. The monoisotopic (exact) mass is 231 g/mol. The molecular formula is C11H9N3O3. The Kier molecular flexibility index (Phi) is 3.25. The zero-order valence-corrected chi connectivity index (χ0v) is 8.79. The van der Waals surface area contributed by atoms with E-state index in [1.54, 1.807) is 18.3 Å². The minimum Gasteiger partial charge on any atom is -0.452 e. The number of aromatic amines is 1. The SMILES string of the molecule is O=C(OCC(=O)c1ccc[nH]1)c1cnccn1. The largest absolute Gasteiger partial charge is 0.452 e. The molecule has 0 saturated carbocycles. The van der Waals surface area contributed by atoms with Gasteiger partial charge in [-0.3, -0.25) is 9.78 Å². The Morgan fingerprint density at radius 1 is 1.35 bits per heavy atom. The number of hydrogen-bond donors (Lipinski definition) is 1. The quantitative estimate of drug-likeness (QED) is 0.622. The molecule has 2 aromatic rings. The molecule has 0 aliphatic carbocycles. The molecule has 0 spiro atoms. The fraction of sp³-hybridized carbons (Fsp3) is 0.0909. The highest BCUT2D eigenvalue weighted by Crippen LogP contribution is 1.99. The topological polar surface area (TPSA) is 84.9 Å². The second kappa shape index (κ2) is 5.02. The molecule has 0 amide bonds. The van der Waals surface area contributed by atoms with Crippen molar-refractivity contribution in [2.45, 2.75) is 0 Å². The van der Waals surface area contributed by atoms with Crippen molar-refractivity contribution in [3.05, 3.63) is 48.3 Å². The molecular weight excluding hydrogens is 222 g/mol. The van der Waals surface area contributed by atoms with Gasteiger partial charge in [0.1, 0.15) is 0 Å². The lowest BCUT2D eigenvalue weighted by atomic mass is 10.3. The Hall–Kier alpha value is -2.50. The Bertz CT molecular complexity index is 508. The first-order valence-electron chi connectivity index (χ1n) is 4.87. The van der Waals surface area contributed by atoms with E-state index in [2.05, 4.69) is 15.0 Å². The van der Waals surface area contributed by atoms with Crippen LogP contribution >= 0.6 is 0 Å². The summed E-state index contributed by atoms with van der Waals surface area (Å²) in [5, 5.41) is 0. The van der Waals surface area contributed by atoms with Crippen molar-refractivity contribution in [2.75, 3.05) is 6.61 Å². The number of hydrogen-bond acceptors (Lipinski definition) is 5. The predicted molar refractivity (Wildman–Crippen MR) is 57.4 cm³/mol. The standard InChI is InChI=1S/C11H9N3O3/c15-10(8-2-1-3-13-8)7-17-11(16)9-6-12-4-5-14-9/h1-6,13H,7H2. The number of rotatable bonds is 4. The maximum atomic E-state index is 11.5. The molecule has 6 heteroatoms. The summed E-state index contributed by atoms with van der Waals surface area (Å²) in [5.74, 6) is -0.967. The Balaban J connectivity index is 1.91. The van der Waals surface area contributed by atoms with Gasteiger partial charge in [0, 0.05) is 18.6 Å². The average molecular weight is 231 g/mol. The van der Waals surface area contributed by atoms with Gasteiger partial charge in [0.05, 0.1) is 11.9 Å². The Labute approximate surface area is 96.7 Å². The first-order chi connectivity index (χ1) is 8.27. The van der Waals surface area contributed by atoms with Gasteiger partial charge >= 0.3 is 5.97 Å². The molecule has 0 aromatic carbocycles. The lowest BCUT2D eigenvalue weighted by Gasteiger charge is -2.01. The number of nitrogens with one attached hydrogen (secondary N) is 1. The summed E-state index contributed by atoms with van der Waals surface area (Å²) in [7, 11) is 0. The van der Waals surface area contributed by atoms with Crippen molar-refractivity contribution in [3.8, 4) is 0 Å². The molecule has 0 saturated heterocycles. The van der Waals surface area contributed by atoms with Gasteiger partial charge < -0.3 is 9.72 Å². The van der Waals surface area contributed by atoms with Gasteiger partial charge in [-0.1, -0.05) is 0 Å². The fourth-order valence-corrected chi connectivity index (χ4v) is 1.19. The Morgan fingerprint density at radius 3 is 2.88 bits per heavy atom. The van der Waals surface area contributed by atoms with Gasteiger partial charge in [-0.15, -0.1) is 0 Å². The van der Waals surface area contributed by atoms with Crippen molar-refractivity contribution in [1.29, 1.82) is 0 Å². The number of carbonyl (C=O) groups is 2. The lowest BCUT2D eigenvalue weighted by Crippen LogP contribution is -2.15. The van der Waals surface area contributed by atoms with Crippen LogP contribution in [0.5, 0.6) is 0 Å². The van der Waals surface area contributed by atoms with E-state index < -0.39 is 5.97 Å². The number of ether oxygens (including phenoxy) is 1. The molecule has 0 aliphatic heterocycles. The number of aromatic nitrogens is 3. The van der Waals surface area contributed by atoms with Gasteiger partial charge in [0.2, 0.25) is 5.78 Å². The highest BCUT2D eigenvalue weighted by atomic mass is 16.5. The van der Waals surface area contributed by atoms with Crippen molar-refractivity contribution < 1.29 is 14.3 Å². The number of esters is 1. The van der Waals surface area contributed by atoms with Crippen LogP contribution in [0.25, 0.3) is 0 Å². The summed E-state index contributed by atoms with van der Waals surface area (Å²) in [4.78, 5) is 33.2. The van der Waals surface area contributed by atoms with Crippen LogP contribution in [0.3, 0.4) is 0 Å². The summed E-state index contributed by atoms with van der Waals surface area (Å²) >= 11 is 0. The van der Waals surface area contributed by atoms with E-state index in [9.17, 15) is 9.59 Å². The van der Waals surface area contributed by atoms with Gasteiger partial charge in [-0.05, 0) is 12.1 Å². The van der Waals surface area contributed by atoms with Crippen molar-refractivity contribution >= 4 is 11.8 Å². The second-order valence-electron chi connectivity index (χ2n) is 3.17. The first-order valence-corrected chi connectivity index (χ1v) is 4.87. The van der Waals surface area contributed by atoms with Crippen LogP contribution in [-0.2, 0) is 4.74 Å². The molecule has 0 aliphatic rings. The molecule has 0 unspecified atom stereocenters. The second-order valence-corrected chi connectivity index (χ2v) is 3.17. The molecule has 0 radical (unpaired) electrons. The summed E-state index contributed by atoms with van der Waals surface area (Å²) in [6.07, 6.45) is 5.73. The van der Waals surface area contributed by atoms with E-state index in [1.807, 2.05) is 0 Å². The van der Waals surface area contributed by atoms with Crippen LogP contribution in [-0.4, -0.2) is 33.3 Å². The highest BCUT2D eigenvalue weighted by Gasteiger charge is 2.12. The molecule has 17 heavy (non-hydrogen) atoms. The molecule has 0 atom stereocenters.